The van der Waals surface area contributed by atoms with E-state index in [1.807, 2.05) is 6.92 Å². The average molecular weight is 402 g/mol. The molecule has 1 rings (SSSR count). The number of nitriles is 1. The lowest BCUT2D eigenvalue weighted by Crippen LogP contribution is -2.50. The van der Waals surface area contributed by atoms with Gasteiger partial charge in [0.15, 0.2) is 0 Å². The highest BCUT2D eigenvalue weighted by molar-refractivity contribution is 6.00. The van der Waals surface area contributed by atoms with E-state index in [9.17, 15) is 19.6 Å². The summed E-state index contributed by atoms with van der Waals surface area (Å²) in [6.07, 6.45) is 5.53. The Morgan fingerprint density at radius 3 is 2.66 bits per heavy atom. The van der Waals surface area contributed by atoms with Crippen molar-refractivity contribution in [2.75, 3.05) is 13.1 Å². The van der Waals surface area contributed by atoms with Crippen LogP contribution < -0.4 is 10.6 Å². The highest BCUT2D eigenvalue weighted by Crippen LogP contribution is 2.13. The second-order valence-corrected chi connectivity index (χ2v) is 7.69. The van der Waals surface area contributed by atoms with Crippen molar-refractivity contribution in [2.45, 2.75) is 58.6 Å². The molecule has 1 unspecified atom stereocenters. The van der Waals surface area contributed by atoms with Crippen LogP contribution in [-0.4, -0.2) is 47.5 Å². The molecule has 1 saturated heterocycles. The van der Waals surface area contributed by atoms with Crippen LogP contribution in [0.4, 0.5) is 4.79 Å². The number of nitrogens with zero attached hydrogens (tertiary/aromatic N) is 2. The van der Waals surface area contributed by atoms with E-state index >= 15 is 0 Å². The van der Waals surface area contributed by atoms with Crippen molar-refractivity contribution in [3.8, 4) is 6.07 Å². The van der Waals surface area contributed by atoms with Gasteiger partial charge in [-0.1, -0.05) is 19.6 Å². The number of ether oxygens (including phenoxy) is 1. The first kappa shape index (κ1) is 24.0. The van der Waals surface area contributed by atoms with Crippen molar-refractivity contribution in [3.05, 3.63) is 36.1 Å². The fraction of sp³-hybridized carbons (Fsp3) is 0.524. The molecule has 0 aromatic rings. The van der Waals surface area contributed by atoms with Crippen LogP contribution in [0.1, 0.15) is 47.0 Å². The number of carbonyl (C=O) groups excluding carboxylic acids is 3. The molecule has 8 heteroatoms. The maximum Gasteiger partial charge on any atom is 0.410 e. The molecule has 1 aliphatic rings. The van der Waals surface area contributed by atoms with Crippen LogP contribution in [0.15, 0.2) is 36.1 Å². The first-order valence-corrected chi connectivity index (χ1v) is 9.61. The van der Waals surface area contributed by atoms with Gasteiger partial charge in [-0.2, -0.15) is 5.26 Å². The molecule has 1 atom stereocenters. The fourth-order valence-electron chi connectivity index (χ4n) is 2.64. The number of carbonyl (C=O) groups is 3. The number of allylic oxidation sites excluding steroid dienone is 3. The van der Waals surface area contributed by atoms with Crippen LogP contribution in [0, 0.1) is 11.3 Å². The number of amides is 3. The molecular formula is C21H30N4O4. The number of hydrogen-bond donors (Lipinski definition) is 2. The van der Waals surface area contributed by atoms with E-state index in [0.717, 1.165) is 0 Å². The Balaban J connectivity index is 2.97. The highest BCUT2D eigenvalue weighted by atomic mass is 16.6. The number of rotatable bonds is 8. The lowest BCUT2D eigenvalue weighted by atomic mass is 10.1. The normalized spacial score (nSPS) is 17.8. The van der Waals surface area contributed by atoms with Crippen molar-refractivity contribution >= 4 is 17.9 Å². The van der Waals surface area contributed by atoms with Crippen LogP contribution in [0.2, 0.25) is 0 Å². The molecular weight excluding hydrogens is 372 g/mol. The Labute approximate surface area is 172 Å². The quantitative estimate of drug-likeness (QED) is 0.367. The molecule has 8 nitrogen and oxygen atoms in total. The Morgan fingerprint density at radius 2 is 2.14 bits per heavy atom. The molecule has 3 amide bonds. The summed E-state index contributed by atoms with van der Waals surface area (Å²) in [6.45, 7) is 11.4. The van der Waals surface area contributed by atoms with Crippen molar-refractivity contribution in [2.24, 2.45) is 0 Å². The van der Waals surface area contributed by atoms with Gasteiger partial charge >= 0.3 is 6.09 Å². The maximum atomic E-state index is 12.4. The minimum Gasteiger partial charge on any atom is -0.444 e. The van der Waals surface area contributed by atoms with E-state index in [-0.39, 0.29) is 18.9 Å². The fourth-order valence-corrected chi connectivity index (χ4v) is 2.64. The van der Waals surface area contributed by atoms with Crippen molar-refractivity contribution in [3.63, 3.8) is 0 Å². The van der Waals surface area contributed by atoms with Gasteiger partial charge in [-0.3, -0.25) is 14.9 Å². The lowest BCUT2D eigenvalue weighted by Gasteiger charge is -2.27. The summed E-state index contributed by atoms with van der Waals surface area (Å²) in [5, 5.41) is 14.9. The second-order valence-electron chi connectivity index (χ2n) is 7.69. The molecule has 158 valence electrons. The number of imide groups is 1. The summed E-state index contributed by atoms with van der Waals surface area (Å²) in [5.41, 5.74) is 0.171. The molecule has 2 N–H and O–H groups in total. The van der Waals surface area contributed by atoms with Gasteiger partial charge in [0.1, 0.15) is 11.6 Å². The predicted molar refractivity (Wildman–Crippen MR) is 109 cm³/mol. The van der Waals surface area contributed by atoms with E-state index < -0.39 is 23.6 Å². The number of hydrogen-bond acceptors (Lipinski definition) is 6. The van der Waals surface area contributed by atoms with Gasteiger partial charge in [0.25, 0.3) is 0 Å². The topological polar surface area (TPSA) is 112 Å². The van der Waals surface area contributed by atoms with Gasteiger partial charge in [0.2, 0.25) is 11.8 Å². The first-order valence-electron chi connectivity index (χ1n) is 9.61. The van der Waals surface area contributed by atoms with Crippen molar-refractivity contribution in [1.29, 1.82) is 5.26 Å². The largest absolute Gasteiger partial charge is 0.444 e. The average Bonchev–Trinajstić information content (AvgIpc) is 2.61. The molecule has 0 aliphatic carbocycles. The minimum absolute atomic E-state index is 0.0742. The standard InChI is InChI=1S/C21H30N4O4/c1-6-8-16(23-17-9-10-18(26)24-19(17)27)12-15(13-22)14-25(11-7-2)20(28)29-21(3,4)5/h6,8,12,17,23H,1,7,9-11,14H2,2-5H3,(H,24,26,27)/b15-12-,16-8+. The summed E-state index contributed by atoms with van der Waals surface area (Å²) in [4.78, 5) is 37.2. The lowest BCUT2D eigenvalue weighted by molar-refractivity contribution is -0.134. The Morgan fingerprint density at radius 1 is 1.45 bits per heavy atom. The summed E-state index contributed by atoms with van der Waals surface area (Å²) < 4.78 is 5.42. The Bertz CT molecular complexity index is 741. The number of piperidine rings is 1. The zero-order valence-electron chi connectivity index (χ0n) is 17.6. The number of nitrogens with one attached hydrogen (secondary N) is 2. The molecule has 1 aliphatic heterocycles. The van der Waals surface area contributed by atoms with E-state index in [2.05, 4.69) is 23.3 Å². The molecule has 0 bridgehead atoms. The van der Waals surface area contributed by atoms with E-state index in [1.54, 1.807) is 32.9 Å². The maximum absolute atomic E-state index is 12.4. The zero-order valence-corrected chi connectivity index (χ0v) is 17.6. The van der Waals surface area contributed by atoms with Crippen LogP contribution in [0.3, 0.4) is 0 Å². The van der Waals surface area contributed by atoms with Crippen LogP contribution in [0.25, 0.3) is 0 Å². The van der Waals surface area contributed by atoms with Crippen molar-refractivity contribution < 1.29 is 19.1 Å². The van der Waals surface area contributed by atoms with Crippen LogP contribution in [0.5, 0.6) is 0 Å². The SMILES string of the molecule is C=C/C=C(\C=C(\C#N)CN(CCC)C(=O)OC(C)(C)C)NC1CCC(=O)NC1=O. The van der Waals surface area contributed by atoms with Gasteiger partial charge in [0, 0.05) is 18.7 Å². The summed E-state index contributed by atoms with van der Waals surface area (Å²) >= 11 is 0. The second kappa shape index (κ2) is 11.1. The zero-order chi connectivity index (χ0) is 22.0. The van der Waals surface area contributed by atoms with Gasteiger partial charge in [0.05, 0.1) is 18.2 Å². The van der Waals surface area contributed by atoms with Gasteiger partial charge < -0.3 is 15.0 Å². The molecule has 0 aromatic heterocycles. The molecule has 0 saturated carbocycles. The van der Waals surface area contributed by atoms with E-state index in [1.165, 1.54) is 11.0 Å². The van der Waals surface area contributed by atoms with Gasteiger partial charge in [-0.25, -0.2) is 4.79 Å². The molecule has 1 heterocycles. The third kappa shape index (κ3) is 8.64. The molecule has 29 heavy (non-hydrogen) atoms. The summed E-state index contributed by atoms with van der Waals surface area (Å²) in [6, 6.07) is 1.50. The monoisotopic (exact) mass is 402 g/mol. The predicted octanol–water partition coefficient (Wildman–Crippen LogP) is 2.55. The molecule has 0 spiro atoms. The highest BCUT2D eigenvalue weighted by Gasteiger charge is 2.27. The third-order valence-electron chi connectivity index (χ3n) is 3.86. The minimum atomic E-state index is -0.638. The summed E-state index contributed by atoms with van der Waals surface area (Å²) in [5.74, 6) is -0.715. The van der Waals surface area contributed by atoms with Gasteiger partial charge in [-0.15, -0.1) is 0 Å². The van der Waals surface area contributed by atoms with E-state index in [4.69, 9.17) is 4.74 Å². The third-order valence-corrected chi connectivity index (χ3v) is 3.86. The first-order chi connectivity index (χ1) is 13.6. The molecule has 1 fully saturated rings. The Kier molecular flexibility index (Phi) is 9.13. The van der Waals surface area contributed by atoms with Crippen molar-refractivity contribution in [1.82, 2.24) is 15.5 Å². The van der Waals surface area contributed by atoms with E-state index in [0.29, 0.717) is 30.7 Å². The summed E-state index contributed by atoms with van der Waals surface area (Å²) in [7, 11) is 0. The van der Waals surface area contributed by atoms with Crippen LogP contribution in [-0.2, 0) is 14.3 Å². The molecule has 0 aromatic carbocycles. The smallest absolute Gasteiger partial charge is 0.410 e. The van der Waals surface area contributed by atoms with Gasteiger partial charge in [-0.05, 0) is 45.8 Å². The molecule has 0 radical (unpaired) electrons. The van der Waals surface area contributed by atoms with Crippen LogP contribution >= 0.6 is 0 Å². The Hall–Kier alpha value is -3.08.